The van der Waals surface area contributed by atoms with E-state index < -0.39 is 11.9 Å². The van der Waals surface area contributed by atoms with Gasteiger partial charge in [-0.05, 0) is 24.8 Å². The molecule has 0 radical (unpaired) electrons. The van der Waals surface area contributed by atoms with E-state index in [1.165, 1.54) is 13.8 Å². The summed E-state index contributed by atoms with van der Waals surface area (Å²) in [6.07, 6.45) is 0. The van der Waals surface area contributed by atoms with Gasteiger partial charge >= 0.3 is 11.9 Å². The maximum absolute atomic E-state index is 9.60. The van der Waals surface area contributed by atoms with Crippen molar-refractivity contribution in [3.8, 4) is 0 Å². The zero-order valence-corrected chi connectivity index (χ0v) is 9.43. The van der Waals surface area contributed by atoms with E-state index in [9.17, 15) is 9.59 Å². The van der Waals surface area contributed by atoms with E-state index in [-0.39, 0.29) is 35.3 Å². The highest BCUT2D eigenvalue weighted by Crippen LogP contribution is 1.81. The monoisotopic (exact) mass is 266 g/mol. The lowest BCUT2D eigenvalue weighted by atomic mass is 10.4. The molecule has 0 saturated heterocycles. The highest BCUT2D eigenvalue weighted by atomic mass is 28.1. The lowest BCUT2D eigenvalue weighted by Crippen LogP contribution is -1.92. The average Bonchev–Trinajstić information content (AvgIpc) is 2.18. The molecule has 0 spiro atoms. The molecule has 0 fully saturated rings. The fourth-order valence-electron chi connectivity index (χ4n) is 0. The molecule has 4 N–H and O–H groups in total. The summed E-state index contributed by atoms with van der Waals surface area (Å²) in [6.45, 7) is 8.95. The lowest BCUT2D eigenvalue weighted by molar-refractivity contribution is -0.133. The van der Waals surface area contributed by atoms with Gasteiger partial charge in [0.25, 0.3) is 0 Å². The number of aliphatic hydroxyl groups excluding tert-OH is 2. The normalized spacial score (nSPS) is 7.06. The van der Waals surface area contributed by atoms with E-state index in [1.807, 2.05) is 0 Å². The second-order valence-corrected chi connectivity index (χ2v) is 2.62. The van der Waals surface area contributed by atoms with Crippen molar-refractivity contribution < 1.29 is 30.0 Å². The number of aliphatic hydroxyl groups is 2. The van der Waals surface area contributed by atoms with Gasteiger partial charge in [-0.3, -0.25) is 0 Å². The molecular weight excluding hydrogens is 244 g/mol. The van der Waals surface area contributed by atoms with Crippen LogP contribution in [0.15, 0.2) is 24.3 Å². The Hall–Kier alpha value is -1.44. The summed E-state index contributed by atoms with van der Waals surface area (Å²) in [7, 11) is 0. The lowest BCUT2D eigenvalue weighted by Gasteiger charge is -1.79. The molecule has 0 unspecified atom stereocenters. The average molecular weight is 266 g/mol. The minimum atomic E-state index is -0.935. The number of carboxylic acid groups (broad SMARTS) is 2. The van der Waals surface area contributed by atoms with Crippen LogP contribution in [-0.2, 0) is 9.59 Å². The van der Waals surface area contributed by atoms with E-state index in [2.05, 4.69) is 13.2 Å². The predicted octanol–water partition coefficient (Wildman–Crippen LogP) is -1.19. The molecule has 0 amide bonds. The van der Waals surface area contributed by atoms with E-state index in [1.54, 1.807) is 0 Å². The molecule has 0 aliphatic rings. The molecule has 0 bridgehead atoms. The summed E-state index contributed by atoms with van der Waals surface area (Å²) in [6, 6.07) is 0. The van der Waals surface area contributed by atoms with Gasteiger partial charge in [0.1, 0.15) is 0 Å². The number of rotatable bonds is 3. The maximum atomic E-state index is 9.60. The first-order chi connectivity index (χ1) is 7.20. The fraction of sp³-hybridized carbons (Fsp3) is 0.400. The molecule has 0 atom stereocenters. The van der Waals surface area contributed by atoms with Gasteiger partial charge in [-0.2, -0.15) is 0 Å². The van der Waals surface area contributed by atoms with Crippen molar-refractivity contribution in [3.05, 3.63) is 24.3 Å². The zero-order valence-electron chi connectivity index (χ0n) is 9.43. The van der Waals surface area contributed by atoms with Crippen LogP contribution < -0.4 is 0 Å². The van der Waals surface area contributed by atoms with E-state index in [4.69, 9.17) is 20.4 Å². The number of hydrogen-bond donors (Lipinski definition) is 4. The van der Waals surface area contributed by atoms with Crippen LogP contribution in [0.5, 0.6) is 0 Å². The van der Waals surface area contributed by atoms with Crippen molar-refractivity contribution in [2.75, 3.05) is 13.2 Å². The summed E-state index contributed by atoms with van der Waals surface area (Å²) >= 11 is 0. The van der Waals surface area contributed by atoms with Crippen molar-refractivity contribution in [2.24, 2.45) is 0 Å². The Morgan fingerprint density at radius 2 is 1.00 bits per heavy atom. The van der Waals surface area contributed by atoms with Crippen molar-refractivity contribution in [1.29, 1.82) is 0 Å². The van der Waals surface area contributed by atoms with Crippen molar-refractivity contribution in [1.82, 2.24) is 0 Å². The van der Waals surface area contributed by atoms with Gasteiger partial charge in [-0.25, -0.2) is 9.59 Å². The Morgan fingerprint density at radius 1 is 0.882 bits per heavy atom. The molecule has 6 nitrogen and oxygen atoms in total. The summed E-state index contributed by atoms with van der Waals surface area (Å²) in [5, 5.41) is 31.0. The van der Waals surface area contributed by atoms with Crippen LogP contribution in [0.1, 0.15) is 13.8 Å². The molecule has 102 valence electrons. The van der Waals surface area contributed by atoms with E-state index in [0.717, 1.165) is 0 Å². The minimum absolute atomic E-state index is 0. The third-order valence-corrected chi connectivity index (χ3v) is 0.830. The Balaban J connectivity index is -0.0000000741. The topological polar surface area (TPSA) is 115 Å². The molecule has 7 heteroatoms. The van der Waals surface area contributed by atoms with Gasteiger partial charge in [0.15, 0.2) is 0 Å². The van der Waals surface area contributed by atoms with Gasteiger partial charge in [-0.1, -0.05) is 13.2 Å². The van der Waals surface area contributed by atoms with Crippen molar-refractivity contribution >= 4 is 22.9 Å². The molecule has 0 aromatic carbocycles. The second kappa shape index (κ2) is 17.0. The molecule has 0 aliphatic heterocycles. The summed E-state index contributed by atoms with van der Waals surface area (Å²) in [5.74, 6) is -1.87. The minimum Gasteiger partial charge on any atom is -0.478 e. The molecule has 0 aliphatic carbocycles. The summed E-state index contributed by atoms with van der Waals surface area (Å²) < 4.78 is 0. The van der Waals surface area contributed by atoms with Crippen LogP contribution in [0.3, 0.4) is 0 Å². The first-order valence-electron chi connectivity index (χ1n) is 4.20. The highest BCUT2D eigenvalue weighted by molar-refractivity contribution is 5.85. The first-order valence-corrected chi connectivity index (χ1v) is 4.20. The van der Waals surface area contributed by atoms with Gasteiger partial charge in [0, 0.05) is 11.1 Å². The molecule has 17 heavy (non-hydrogen) atoms. The molecule has 0 aromatic heterocycles. The fourth-order valence-corrected chi connectivity index (χ4v) is 0. The summed E-state index contributed by atoms with van der Waals surface area (Å²) in [4.78, 5) is 19.2. The molecular formula is C10H22O6Si. The largest absolute Gasteiger partial charge is 0.478 e. The van der Waals surface area contributed by atoms with Crippen LogP contribution in [0, 0.1) is 0 Å². The molecule has 0 rings (SSSR count). The maximum Gasteiger partial charge on any atom is 0.330 e. The zero-order chi connectivity index (χ0) is 13.7. The van der Waals surface area contributed by atoms with Crippen LogP contribution in [0.2, 0.25) is 0 Å². The SMILES string of the molecule is C=C(C)C(=O)O.C=C(C)C(=O)O.OCCO.[SiH4]. The third kappa shape index (κ3) is 40.2. The van der Waals surface area contributed by atoms with Crippen LogP contribution in [0.4, 0.5) is 0 Å². The summed E-state index contributed by atoms with van der Waals surface area (Å²) in [5.41, 5.74) is 0.352. The standard InChI is InChI=1S/2C4H6O2.C2H6O2.H4Si/c2*1-3(2)4(5)6;3-1-2-4;/h2*1H2,2H3,(H,5,6);3-4H,1-2H2;1H4. The number of carboxylic acids is 2. The molecule has 0 saturated carbocycles. The molecule has 0 aromatic rings. The van der Waals surface area contributed by atoms with E-state index >= 15 is 0 Å². The Morgan fingerprint density at radius 3 is 1.00 bits per heavy atom. The van der Waals surface area contributed by atoms with Crippen LogP contribution >= 0.6 is 0 Å². The van der Waals surface area contributed by atoms with Crippen molar-refractivity contribution in [2.45, 2.75) is 13.8 Å². The Labute approximate surface area is 105 Å². The van der Waals surface area contributed by atoms with Gasteiger partial charge in [-0.15, -0.1) is 0 Å². The number of aliphatic carboxylic acids is 2. The second-order valence-electron chi connectivity index (χ2n) is 2.62. The quantitative estimate of drug-likeness (QED) is 0.377. The number of carbonyl (C=O) groups is 2. The highest BCUT2D eigenvalue weighted by Gasteiger charge is 1.90. The Kier molecular flexibility index (Phi) is 24.6. The first kappa shape index (κ1) is 24.7. The van der Waals surface area contributed by atoms with Gasteiger partial charge in [0.2, 0.25) is 0 Å². The van der Waals surface area contributed by atoms with Crippen LogP contribution in [0.25, 0.3) is 0 Å². The number of hydrogen-bond acceptors (Lipinski definition) is 4. The van der Waals surface area contributed by atoms with Gasteiger partial charge in [0.05, 0.1) is 13.2 Å². The van der Waals surface area contributed by atoms with Crippen molar-refractivity contribution in [3.63, 3.8) is 0 Å². The van der Waals surface area contributed by atoms with Crippen LogP contribution in [-0.4, -0.2) is 56.5 Å². The Bertz CT molecular complexity index is 199. The predicted molar refractivity (Wildman–Crippen MR) is 70.4 cm³/mol. The third-order valence-electron chi connectivity index (χ3n) is 0.830. The van der Waals surface area contributed by atoms with E-state index in [0.29, 0.717) is 0 Å². The smallest absolute Gasteiger partial charge is 0.330 e. The molecule has 0 heterocycles. The van der Waals surface area contributed by atoms with Gasteiger partial charge < -0.3 is 20.4 Å².